The van der Waals surface area contributed by atoms with Crippen LogP contribution in [0.2, 0.25) is 0 Å². The molecule has 94 valence electrons. The third kappa shape index (κ3) is 3.20. The highest BCUT2D eigenvalue weighted by Crippen LogP contribution is 2.27. The Morgan fingerprint density at radius 3 is 2.71 bits per heavy atom. The van der Waals surface area contributed by atoms with Gasteiger partial charge in [0.05, 0.1) is 19.5 Å². The molecule has 0 fully saturated rings. The molecule has 1 aliphatic rings. The minimum absolute atomic E-state index is 0.246. The van der Waals surface area contributed by atoms with Crippen molar-refractivity contribution in [3.63, 3.8) is 0 Å². The summed E-state index contributed by atoms with van der Waals surface area (Å²) in [4.78, 5) is 0. The highest BCUT2D eigenvalue weighted by Gasteiger charge is 2.22. The maximum absolute atomic E-state index is 11.1. The molecule has 0 saturated carbocycles. The Labute approximate surface area is 102 Å². The van der Waals surface area contributed by atoms with Gasteiger partial charge in [-0.15, -0.1) is 0 Å². The van der Waals surface area contributed by atoms with E-state index in [2.05, 4.69) is 0 Å². The van der Waals surface area contributed by atoms with Crippen molar-refractivity contribution >= 4 is 10.1 Å². The van der Waals surface area contributed by atoms with Crippen molar-refractivity contribution in [3.8, 4) is 5.75 Å². The zero-order chi connectivity index (χ0) is 12.5. The van der Waals surface area contributed by atoms with Crippen molar-refractivity contribution in [2.75, 3.05) is 13.4 Å². The Hall–Kier alpha value is -1.07. The average Bonchev–Trinajstić information content (AvgIpc) is 2.26. The molecule has 0 aromatic heterocycles. The van der Waals surface area contributed by atoms with Crippen molar-refractivity contribution in [3.05, 3.63) is 29.3 Å². The molecule has 4 nitrogen and oxygen atoms in total. The van der Waals surface area contributed by atoms with Crippen LogP contribution >= 0.6 is 0 Å². The molecule has 17 heavy (non-hydrogen) atoms. The summed E-state index contributed by atoms with van der Waals surface area (Å²) in [6.45, 7) is 0. The van der Waals surface area contributed by atoms with Crippen LogP contribution in [0.4, 0.5) is 0 Å². The fourth-order valence-corrected chi connectivity index (χ4v) is 2.81. The van der Waals surface area contributed by atoms with Crippen LogP contribution in [0.5, 0.6) is 5.75 Å². The lowest BCUT2D eigenvalue weighted by Gasteiger charge is -2.24. The zero-order valence-corrected chi connectivity index (χ0v) is 10.8. The van der Waals surface area contributed by atoms with E-state index in [9.17, 15) is 8.42 Å². The molecule has 2 rings (SSSR count). The molecule has 1 aliphatic carbocycles. The summed E-state index contributed by atoms with van der Waals surface area (Å²) in [6, 6.07) is 5.91. The molecule has 0 spiro atoms. The van der Waals surface area contributed by atoms with Crippen LogP contribution in [0, 0.1) is 0 Å². The van der Waals surface area contributed by atoms with E-state index < -0.39 is 10.1 Å². The van der Waals surface area contributed by atoms with Crippen LogP contribution in [0.15, 0.2) is 18.2 Å². The van der Waals surface area contributed by atoms with Crippen LogP contribution in [0.1, 0.15) is 17.5 Å². The standard InChI is InChI=1S/C12H16O4S/c1-15-11-5-3-9-4-6-12(8-10(9)7-11)16-17(2,13)14/h3,5,7,12H,4,6,8H2,1-2H3/t12-/m1/s1. The molecule has 0 N–H and O–H groups in total. The Kier molecular flexibility index (Phi) is 3.40. The summed E-state index contributed by atoms with van der Waals surface area (Å²) >= 11 is 0. The Balaban J connectivity index is 2.17. The minimum Gasteiger partial charge on any atom is -0.497 e. The van der Waals surface area contributed by atoms with Gasteiger partial charge in [-0.2, -0.15) is 8.42 Å². The van der Waals surface area contributed by atoms with Crippen molar-refractivity contribution in [1.29, 1.82) is 0 Å². The number of aryl methyl sites for hydroxylation is 1. The zero-order valence-electron chi connectivity index (χ0n) is 9.97. The number of rotatable bonds is 3. The third-order valence-electron chi connectivity index (χ3n) is 2.91. The second-order valence-electron chi connectivity index (χ2n) is 4.30. The summed E-state index contributed by atoms with van der Waals surface area (Å²) < 4.78 is 32.4. The Morgan fingerprint density at radius 2 is 2.06 bits per heavy atom. The lowest BCUT2D eigenvalue weighted by molar-refractivity contribution is 0.194. The summed E-state index contributed by atoms with van der Waals surface area (Å²) in [5.41, 5.74) is 2.36. The fraction of sp³-hybridized carbons (Fsp3) is 0.500. The van der Waals surface area contributed by atoms with E-state index >= 15 is 0 Å². The molecule has 5 heteroatoms. The van der Waals surface area contributed by atoms with Crippen molar-refractivity contribution < 1.29 is 17.3 Å². The molecule has 0 unspecified atom stereocenters. The molecule has 0 amide bonds. The maximum Gasteiger partial charge on any atom is 0.264 e. The van der Waals surface area contributed by atoms with E-state index in [0.29, 0.717) is 6.42 Å². The van der Waals surface area contributed by atoms with E-state index in [1.54, 1.807) is 7.11 Å². The third-order valence-corrected chi connectivity index (χ3v) is 3.53. The largest absolute Gasteiger partial charge is 0.497 e. The fourth-order valence-electron chi connectivity index (χ4n) is 2.16. The summed E-state index contributed by atoms with van der Waals surface area (Å²) in [7, 11) is -1.75. The molecular weight excluding hydrogens is 240 g/mol. The second-order valence-corrected chi connectivity index (χ2v) is 5.90. The lowest BCUT2D eigenvalue weighted by atomic mass is 9.90. The average molecular weight is 256 g/mol. The molecule has 0 aliphatic heterocycles. The predicted molar refractivity (Wildman–Crippen MR) is 64.7 cm³/mol. The van der Waals surface area contributed by atoms with E-state index in [-0.39, 0.29) is 6.10 Å². The summed E-state index contributed by atoms with van der Waals surface area (Å²) in [6.07, 6.45) is 3.06. The van der Waals surface area contributed by atoms with E-state index in [1.165, 1.54) is 5.56 Å². The normalized spacial score (nSPS) is 19.8. The second kappa shape index (κ2) is 4.66. The number of fused-ring (bicyclic) bond motifs is 1. The highest BCUT2D eigenvalue weighted by atomic mass is 32.2. The van der Waals surface area contributed by atoms with Gasteiger partial charge in [0.1, 0.15) is 5.75 Å². The quantitative estimate of drug-likeness (QED) is 0.770. The first-order chi connectivity index (χ1) is 7.98. The first kappa shape index (κ1) is 12.4. The number of ether oxygens (including phenoxy) is 1. The van der Waals surface area contributed by atoms with Crippen molar-refractivity contribution in [2.45, 2.75) is 25.4 Å². The SMILES string of the molecule is COc1ccc2c(c1)C[C@H](OS(C)(=O)=O)CC2. The van der Waals surface area contributed by atoms with Crippen molar-refractivity contribution in [2.24, 2.45) is 0 Å². The van der Waals surface area contributed by atoms with Crippen LogP contribution < -0.4 is 4.74 Å². The number of hydrogen-bond acceptors (Lipinski definition) is 4. The molecule has 1 atom stereocenters. The topological polar surface area (TPSA) is 52.6 Å². The maximum atomic E-state index is 11.1. The summed E-state index contributed by atoms with van der Waals surface area (Å²) in [5, 5.41) is 0. The molecule has 0 bridgehead atoms. The minimum atomic E-state index is -3.37. The molecule has 1 aromatic carbocycles. The molecular formula is C12H16O4S. The van der Waals surface area contributed by atoms with E-state index in [0.717, 1.165) is 30.4 Å². The van der Waals surface area contributed by atoms with Gasteiger partial charge < -0.3 is 4.74 Å². The van der Waals surface area contributed by atoms with Crippen LogP contribution in [0.3, 0.4) is 0 Å². The van der Waals surface area contributed by atoms with Gasteiger partial charge in [0.15, 0.2) is 0 Å². The monoisotopic (exact) mass is 256 g/mol. The molecule has 0 saturated heterocycles. The van der Waals surface area contributed by atoms with Gasteiger partial charge >= 0.3 is 0 Å². The van der Waals surface area contributed by atoms with E-state index in [4.69, 9.17) is 8.92 Å². The lowest BCUT2D eigenvalue weighted by Crippen LogP contribution is -2.25. The van der Waals surface area contributed by atoms with Gasteiger partial charge in [0.25, 0.3) is 10.1 Å². The van der Waals surface area contributed by atoms with Gasteiger partial charge in [-0.05, 0) is 36.1 Å². The van der Waals surface area contributed by atoms with Gasteiger partial charge in [-0.1, -0.05) is 6.07 Å². The van der Waals surface area contributed by atoms with Crippen LogP contribution in [-0.4, -0.2) is 27.9 Å². The summed E-state index contributed by atoms with van der Waals surface area (Å²) in [5.74, 6) is 0.795. The van der Waals surface area contributed by atoms with Crippen LogP contribution in [0.25, 0.3) is 0 Å². The number of hydrogen-bond donors (Lipinski definition) is 0. The van der Waals surface area contributed by atoms with Gasteiger partial charge in [0.2, 0.25) is 0 Å². The first-order valence-corrected chi connectivity index (χ1v) is 7.33. The van der Waals surface area contributed by atoms with Gasteiger partial charge in [0, 0.05) is 6.42 Å². The molecule has 0 heterocycles. The predicted octanol–water partition coefficient (Wildman–Crippen LogP) is 1.53. The Morgan fingerprint density at radius 1 is 1.29 bits per heavy atom. The van der Waals surface area contributed by atoms with E-state index in [1.807, 2.05) is 18.2 Å². The number of methoxy groups -OCH3 is 1. The van der Waals surface area contributed by atoms with Crippen LogP contribution in [-0.2, 0) is 27.1 Å². The Bertz CT molecular complexity index is 507. The highest BCUT2D eigenvalue weighted by molar-refractivity contribution is 7.86. The number of benzene rings is 1. The smallest absolute Gasteiger partial charge is 0.264 e. The molecule has 0 radical (unpaired) electrons. The van der Waals surface area contributed by atoms with Gasteiger partial charge in [-0.25, -0.2) is 0 Å². The van der Waals surface area contributed by atoms with Gasteiger partial charge in [-0.3, -0.25) is 4.18 Å². The first-order valence-electron chi connectivity index (χ1n) is 5.52. The molecule has 1 aromatic rings. The van der Waals surface area contributed by atoms with Crippen molar-refractivity contribution in [1.82, 2.24) is 0 Å².